The fraction of sp³-hybridized carbons (Fsp3) is 0.909. The summed E-state index contributed by atoms with van der Waals surface area (Å²) in [6, 6.07) is 0. The summed E-state index contributed by atoms with van der Waals surface area (Å²) in [4.78, 5) is 10.0. The van der Waals surface area contributed by atoms with E-state index >= 15 is 0 Å². The highest BCUT2D eigenvalue weighted by molar-refractivity contribution is 5.48. The number of nitrogens with two attached hydrogens (primary N) is 2. The SMILES string of the molecule is NC(N)CCCCCCCCCC=O. The van der Waals surface area contributed by atoms with Crippen molar-refractivity contribution in [2.24, 2.45) is 11.5 Å². The Bertz CT molecular complexity index is 126. The van der Waals surface area contributed by atoms with Crippen LogP contribution in [-0.4, -0.2) is 12.5 Å². The molecule has 0 bridgehead atoms. The van der Waals surface area contributed by atoms with E-state index in [1.165, 1.54) is 32.1 Å². The number of aldehydes is 1. The van der Waals surface area contributed by atoms with Crippen molar-refractivity contribution in [1.29, 1.82) is 0 Å². The largest absolute Gasteiger partial charge is 0.316 e. The summed E-state index contributed by atoms with van der Waals surface area (Å²) in [5.41, 5.74) is 10.9. The van der Waals surface area contributed by atoms with E-state index in [-0.39, 0.29) is 6.17 Å². The molecule has 0 amide bonds. The molecule has 0 aromatic carbocycles. The Balaban J connectivity index is 2.88. The molecule has 84 valence electrons. The van der Waals surface area contributed by atoms with Crippen LogP contribution in [0.4, 0.5) is 0 Å². The Morgan fingerprint density at radius 2 is 1.36 bits per heavy atom. The molecule has 0 saturated carbocycles. The van der Waals surface area contributed by atoms with Crippen molar-refractivity contribution in [1.82, 2.24) is 0 Å². The van der Waals surface area contributed by atoms with Crippen LogP contribution >= 0.6 is 0 Å². The Kier molecular flexibility index (Phi) is 10.4. The molecule has 0 spiro atoms. The molecule has 3 heteroatoms. The standard InChI is InChI=1S/C11H24N2O/c12-11(13)9-7-5-3-1-2-4-6-8-10-14/h10-11H,1-9,12-13H2. The minimum atomic E-state index is -0.136. The number of hydrogen-bond donors (Lipinski definition) is 2. The summed E-state index contributed by atoms with van der Waals surface area (Å²) in [6.45, 7) is 0. The average molecular weight is 200 g/mol. The molecular formula is C11H24N2O. The van der Waals surface area contributed by atoms with Gasteiger partial charge in [-0.25, -0.2) is 0 Å². The third-order valence-electron chi connectivity index (χ3n) is 2.36. The van der Waals surface area contributed by atoms with Gasteiger partial charge in [0, 0.05) is 6.42 Å². The topological polar surface area (TPSA) is 69.1 Å². The van der Waals surface area contributed by atoms with Gasteiger partial charge in [0.25, 0.3) is 0 Å². The van der Waals surface area contributed by atoms with Crippen LogP contribution in [0.3, 0.4) is 0 Å². The molecule has 0 radical (unpaired) electrons. The first kappa shape index (κ1) is 13.6. The molecule has 0 saturated heterocycles. The maximum absolute atomic E-state index is 10.0. The lowest BCUT2D eigenvalue weighted by Gasteiger charge is -2.04. The van der Waals surface area contributed by atoms with Crippen LogP contribution < -0.4 is 11.5 Å². The molecule has 0 atom stereocenters. The fourth-order valence-corrected chi connectivity index (χ4v) is 1.49. The van der Waals surface area contributed by atoms with Crippen molar-refractivity contribution in [3.8, 4) is 0 Å². The second-order valence-electron chi connectivity index (χ2n) is 3.88. The van der Waals surface area contributed by atoms with Crippen molar-refractivity contribution >= 4 is 6.29 Å². The Hall–Kier alpha value is -0.410. The van der Waals surface area contributed by atoms with Crippen LogP contribution in [0.1, 0.15) is 57.8 Å². The lowest BCUT2D eigenvalue weighted by Crippen LogP contribution is -2.29. The van der Waals surface area contributed by atoms with E-state index in [9.17, 15) is 4.79 Å². The van der Waals surface area contributed by atoms with Gasteiger partial charge in [-0.1, -0.05) is 38.5 Å². The summed E-state index contributed by atoms with van der Waals surface area (Å²) in [5, 5.41) is 0. The van der Waals surface area contributed by atoms with Crippen molar-refractivity contribution < 1.29 is 4.79 Å². The highest BCUT2D eigenvalue weighted by Gasteiger charge is 1.94. The van der Waals surface area contributed by atoms with E-state index in [1.807, 2.05) is 0 Å². The molecule has 0 fully saturated rings. The molecule has 0 aliphatic heterocycles. The fourth-order valence-electron chi connectivity index (χ4n) is 1.49. The smallest absolute Gasteiger partial charge is 0.119 e. The first-order valence-electron chi connectivity index (χ1n) is 5.72. The number of rotatable bonds is 10. The van der Waals surface area contributed by atoms with E-state index in [0.29, 0.717) is 0 Å². The molecule has 0 unspecified atom stereocenters. The van der Waals surface area contributed by atoms with E-state index in [4.69, 9.17) is 11.5 Å². The van der Waals surface area contributed by atoms with Gasteiger partial charge in [0.2, 0.25) is 0 Å². The van der Waals surface area contributed by atoms with E-state index in [0.717, 1.165) is 32.0 Å². The van der Waals surface area contributed by atoms with E-state index in [2.05, 4.69) is 0 Å². The van der Waals surface area contributed by atoms with E-state index < -0.39 is 0 Å². The van der Waals surface area contributed by atoms with Crippen LogP contribution in [0.5, 0.6) is 0 Å². The van der Waals surface area contributed by atoms with Gasteiger partial charge in [-0.2, -0.15) is 0 Å². The highest BCUT2D eigenvalue weighted by atomic mass is 16.1. The molecule has 0 aromatic rings. The van der Waals surface area contributed by atoms with Crippen LogP contribution in [-0.2, 0) is 4.79 Å². The minimum Gasteiger partial charge on any atom is -0.316 e. The van der Waals surface area contributed by atoms with Gasteiger partial charge in [0.15, 0.2) is 0 Å². The maximum atomic E-state index is 10.0. The average Bonchev–Trinajstić information content (AvgIpc) is 2.15. The lowest BCUT2D eigenvalue weighted by molar-refractivity contribution is -0.107. The zero-order valence-electron chi connectivity index (χ0n) is 9.08. The molecule has 0 aromatic heterocycles. The second kappa shape index (κ2) is 10.7. The van der Waals surface area contributed by atoms with Gasteiger partial charge in [-0.05, 0) is 12.8 Å². The molecule has 0 heterocycles. The van der Waals surface area contributed by atoms with Crippen LogP contribution in [0, 0.1) is 0 Å². The maximum Gasteiger partial charge on any atom is 0.119 e. The van der Waals surface area contributed by atoms with Gasteiger partial charge < -0.3 is 16.3 Å². The summed E-state index contributed by atoms with van der Waals surface area (Å²) in [6.07, 6.45) is 10.9. The summed E-state index contributed by atoms with van der Waals surface area (Å²) in [7, 11) is 0. The molecule has 0 aliphatic carbocycles. The van der Waals surface area contributed by atoms with E-state index in [1.54, 1.807) is 0 Å². The summed E-state index contributed by atoms with van der Waals surface area (Å²) >= 11 is 0. The number of unbranched alkanes of at least 4 members (excludes halogenated alkanes) is 7. The van der Waals surface area contributed by atoms with Crippen molar-refractivity contribution in [3.63, 3.8) is 0 Å². The third kappa shape index (κ3) is 11.6. The molecule has 0 aliphatic rings. The first-order chi connectivity index (χ1) is 6.77. The van der Waals surface area contributed by atoms with Gasteiger partial charge >= 0.3 is 0 Å². The van der Waals surface area contributed by atoms with Gasteiger partial charge in [-0.3, -0.25) is 0 Å². The Morgan fingerprint density at radius 1 is 0.857 bits per heavy atom. The number of hydrogen-bond acceptors (Lipinski definition) is 3. The van der Waals surface area contributed by atoms with Crippen molar-refractivity contribution in [2.45, 2.75) is 64.0 Å². The van der Waals surface area contributed by atoms with Gasteiger partial charge in [0.1, 0.15) is 6.29 Å². The molecule has 0 rings (SSSR count). The third-order valence-corrected chi connectivity index (χ3v) is 2.36. The number of carbonyl (C=O) groups is 1. The zero-order valence-corrected chi connectivity index (χ0v) is 9.08. The predicted molar refractivity (Wildman–Crippen MR) is 59.8 cm³/mol. The molecular weight excluding hydrogens is 176 g/mol. The molecule has 4 N–H and O–H groups in total. The molecule has 3 nitrogen and oxygen atoms in total. The summed E-state index contributed by atoms with van der Waals surface area (Å²) < 4.78 is 0. The quantitative estimate of drug-likeness (QED) is 0.322. The van der Waals surface area contributed by atoms with Gasteiger partial charge in [-0.15, -0.1) is 0 Å². The minimum absolute atomic E-state index is 0.136. The first-order valence-corrected chi connectivity index (χ1v) is 5.72. The second-order valence-corrected chi connectivity index (χ2v) is 3.88. The Labute approximate surface area is 87.2 Å². The summed E-state index contributed by atoms with van der Waals surface area (Å²) in [5.74, 6) is 0. The van der Waals surface area contributed by atoms with Crippen LogP contribution in [0.2, 0.25) is 0 Å². The highest BCUT2D eigenvalue weighted by Crippen LogP contribution is 2.09. The monoisotopic (exact) mass is 200 g/mol. The normalized spacial score (nSPS) is 10.8. The van der Waals surface area contributed by atoms with Crippen LogP contribution in [0.15, 0.2) is 0 Å². The lowest BCUT2D eigenvalue weighted by atomic mass is 10.1. The molecule has 14 heavy (non-hydrogen) atoms. The number of carbonyl (C=O) groups excluding carboxylic acids is 1. The van der Waals surface area contributed by atoms with Gasteiger partial charge in [0.05, 0.1) is 6.17 Å². The predicted octanol–water partition coefficient (Wildman–Crippen LogP) is 1.94. The zero-order chi connectivity index (χ0) is 10.6. The van der Waals surface area contributed by atoms with Crippen LogP contribution in [0.25, 0.3) is 0 Å². The Morgan fingerprint density at radius 3 is 1.86 bits per heavy atom. The van der Waals surface area contributed by atoms with Crippen molar-refractivity contribution in [3.05, 3.63) is 0 Å². The van der Waals surface area contributed by atoms with Crippen molar-refractivity contribution in [2.75, 3.05) is 0 Å².